The van der Waals surface area contributed by atoms with Crippen molar-refractivity contribution in [2.45, 2.75) is 37.9 Å². The third-order valence-electron chi connectivity index (χ3n) is 1.80. The molecule has 3 nitrogen and oxygen atoms in total. The van der Waals surface area contributed by atoms with Crippen LogP contribution >= 0.6 is 0 Å². The van der Waals surface area contributed by atoms with Gasteiger partial charge in [-0.2, -0.15) is 13.2 Å². The molecule has 0 amide bonds. The minimum Gasteiger partial charge on any atom is -0.212 e. The molecule has 0 atom stereocenters. The fourth-order valence-corrected chi connectivity index (χ4v) is 2.36. The van der Waals surface area contributed by atoms with Crippen molar-refractivity contribution in [2.24, 2.45) is 0 Å². The Hall–Kier alpha value is -0.300. The molecule has 0 spiro atoms. The second-order valence-corrected chi connectivity index (χ2v) is 5.30. The average molecular weight is 231 g/mol. The molecule has 1 saturated carbocycles. The average Bonchev–Trinajstić information content (AvgIpc) is 2.66. The van der Waals surface area contributed by atoms with Gasteiger partial charge in [0.15, 0.2) is 0 Å². The van der Waals surface area contributed by atoms with Crippen LogP contribution in [0.4, 0.5) is 13.2 Å². The van der Waals surface area contributed by atoms with E-state index < -0.39 is 28.4 Å². The molecule has 1 fully saturated rings. The highest BCUT2D eigenvalue weighted by Gasteiger charge is 2.29. The summed E-state index contributed by atoms with van der Waals surface area (Å²) in [6, 6.07) is -0.0362. The van der Waals surface area contributed by atoms with Crippen molar-refractivity contribution in [2.75, 3.05) is 5.75 Å². The standard InChI is InChI=1S/C7H12F3NO2S/c8-7(9,10)4-1-5-14(12,13)11-6-2-3-6/h6,11H,1-5H2. The van der Waals surface area contributed by atoms with Gasteiger partial charge in [0.1, 0.15) is 0 Å². The summed E-state index contributed by atoms with van der Waals surface area (Å²) < 4.78 is 59.6. The molecule has 7 heteroatoms. The quantitative estimate of drug-likeness (QED) is 0.777. The van der Waals surface area contributed by atoms with Gasteiger partial charge in [0.25, 0.3) is 0 Å². The van der Waals surface area contributed by atoms with Crippen LogP contribution in [0.25, 0.3) is 0 Å². The van der Waals surface area contributed by atoms with E-state index in [1.807, 2.05) is 0 Å². The predicted octanol–water partition coefficient (Wildman–Crippen LogP) is 1.41. The van der Waals surface area contributed by atoms with Crippen LogP contribution in [0.3, 0.4) is 0 Å². The van der Waals surface area contributed by atoms with Gasteiger partial charge in [0, 0.05) is 12.5 Å². The van der Waals surface area contributed by atoms with Crippen molar-refractivity contribution in [1.29, 1.82) is 0 Å². The Kier molecular flexibility index (Phi) is 3.41. The lowest BCUT2D eigenvalue weighted by Crippen LogP contribution is -2.28. The van der Waals surface area contributed by atoms with Crippen LogP contribution in [0.15, 0.2) is 0 Å². The van der Waals surface area contributed by atoms with Gasteiger partial charge >= 0.3 is 6.18 Å². The van der Waals surface area contributed by atoms with Crippen LogP contribution in [-0.4, -0.2) is 26.4 Å². The van der Waals surface area contributed by atoms with E-state index in [9.17, 15) is 21.6 Å². The minimum absolute atomic E-state index is 0.0362. The van der Waals surface area contributed by atoms with Crippen molar-refractivity contribution in [3.05, 3.63) is 0 Å². The number of nitrogens with one attached hydrogen (secondary N) is 1. The first-order valence-electron chi connectivity index (χ1n) is 4.35. The summed E-state index contributed by atoms with van der Waals surface area (Å²) in [5, 5.41) is 0. The molecular formula is C7H12F3NO2S. The molecule has 14 heavy (non-hydrogen) atoms. The molecule has 0 unspecified atom stereocenters. The van der Waals surface area contributed by atoms with E-state index in [1.54, 1.807) is 0 Å². The van der Waals surface area contributed by atoms with Crippen molar-refractivity contribution < 1.29 is 21.6 Å². The van der Waals surface area contributed by atoms with Crippen LogP contribution < -0.4 is 4.72 Å². The van der Waals surface area contributed by atoms with Gasteiger partial charge in [-0.15, -0.1) is 0 Å². The van der Waals surface area contributed by atoms with Gasteiger partial charge in [-0.05, 0) is 19.3 Å². The fraction of sp³-hybridized carbons (Fsp3) is 1.00. The largest absolute Gasteiger partial charge is 0.389 e. The smallest absolute Gasteiger partial charge is 0.212 e. The number of rotatable bonds is 5. The highest BCUT2D eigenvalue weighted by atomic mass is 32.2. The maximum Gasteiger partial charge on any atom is 0.389 e. The molecule has 0 bridgehead atoms. The van der Waals surface area contributed by atoms with Gasteiger partial charge in [-0.3, -0.25) is 0 Å². The lowest BCUT2D eigenvalue weighted by atomic mass is 10.3. The Morgan fingerprint density at radius 3 is 2.29 bits per heavy atom. The van der Waals surface area contributed by atoms with E-state index in [4.69, 9.17) is 0 Å². The predicted molar refractivity (Wildman–Crippen MR) is 45.2 cm³/mol. The molecule has 0 saturated heterocycles. The molecule has 1 aliphatic rings. The molecule has 1 rings (SSSR count). The number of alkyl halides is 3. The van der Waals surface area contributed by atoms with Gasteiger partial charge in [0.05, 0.1) is 5.75 Å². The molecule has 0 aromatic rings. The normalized spacial score (nSPS) is 18.5. The Balaban J connectivity index is 2.22. The lowest BCUT2D eigenvalue weighted by molar-refractivity contribution is -0.134. The topological polar surface area (TPSA) is 46.2 Å². The summed E-state index contributed by atoms with van der Waals surface area (Å²) in [6.07, 6.45) is -4.10. The third-order valence-corrected chi connectivity index (χ3v) is 3.32. The molecule has 1 aliphatic carbocycles. The van der Waals surface area contributed by atoms with Crippen LogP contribution in [0.5, 0.6) is 0 Å². The van der Waals surface area contributed by atoms with Crippen molar-refractivity contribution in [3.63, 3.8) is 0 Å². The van der Waals surface area contributed by atoms with Crippen LogP contribution in [0.2, 0.25) is 0 Å². The molecule has 0 aliphatic heterocycles. The summed E-state index contributed by atoms with van der Waals surface area (Å²) in [6.45, 7) is 0. The third kappa shape index (κ3) is 5.43. The van der Waals surface area contributed by atoms with Crippen LogP contribution in [0.1, 0.15) is 25.7 Å². The summed E-state index contributed by atoms with van der Waals surface area (Å²) in [5.41, 5.74) is 0. The zero-order chi connectivity index (χ0) is 10.8. The van der Waals surface area contributed by atoms with Gasteiger partial charge in [-0.25, -0.2) is 13.1 Å². The molecule has 0 aromatic carbocycles. The monoisotopic (exact) mass is 231 g/mol. The van der Waals surface area contributed by atoms with Crippen LogP contribution in [-0.2, 0) is 10.0 Å². The maximum atomic E-state index is 11.7. The number of hydrogen-bond acceptors (Lipinski definition) is 2. The first-order chi connectivity index (χ1) is 6.29. The highest BCUT2D eigenvalue weighted by Crippen LogP contribution is 2.23. The second kappa shape index (κ2) is 4.06. The van der Waals surface area contributed by atoms with Crippen molar-refractivity contribution in [1.82, 2.24) is 4.72 Å². The zero-order valence-electron chi connectivity index (χ0n) is 7.47. The van der Waals surface area contributed by atoms with E-state index in [2.05, 4.69) is 4.72 Å². The number of sulfonamides is 1. The van der Waals surface area contributed by atoms with Crippen molar-refractivity contribution in [3.8, 4) is 0 Å². The van der Waals surface area contributed by atoms with Gasteiger partial charge < -0.3 is 0 Å². The summed E-state index contributed by atoms with van der Waals surface area (Å²) in [4.78, 5) is 0. The fourth-order valence-electron chi connectivity index (χ4n) is 0.977. The Morgan fingerprint density at radius 2 is 1.86 bits per heavy atom. The Morgan fingerprint density at radius 1 is 1.29 bits per heavy atom. The molecule has 0 heterocycles. The molecule has 0 aromatic heterocycles. The summed E-state index contributed by atoms with van der Waals surface area (Å²) in [5.74, 6) is -0.441. The van der Waals surface area contributed by atoms with E-state index in [0.29, 0.717) is 0 Å². The molecule has 84 valence electrons. The zero-order valence-corrected chi connectivity index (χ0v) is 8.29. The molecule has 1 N–H and O–H groups in total. The molecular weight excluding hydrogens is 219 g/mol. The van der Waals surface area contributed by atoms with E-state index in [0.717, 1.165) is 12.8 Å². The van der Waals surface area contributed by atoms with E-state index in [1.165, 1.54) is 0 Å². The summed E-state index contributed by atoms with van der Waals surface area (Å²) in [7, 11) is -3.49. The highest BCUT2D eigenvalue weighted by molar-refractivity contribution is 7.89. The summed E-state index contributed by atoms with van der Waals surface area (Å²) >= 11 is 0. The first-order valence-corrected chi connectivity index (χ1v) is 6.00. The van der Waals surface area contributed by atoms with Crippen molar-refractivity contribution >= 4 is 10.0 Å². The minimum atomic E-state index is -4.27. The van der Waals surface area contributed by atoms with E-state index in [-0.39, 0.29) is 12.5 Å². The first kappa shape index (κ1) is 11.8. The Bertz CT molecular complexity index is 282. The second-order valence-electron chi connectivity index (χ2n) is 3.43. The number of halogens is 3. The van der Waals surface area contributed by atoms with E-state index >= 15 is 0 Å². The number of hydrogen-bond donors (Lipinski definition) is 1. The van der Waals surface area contributed by atoms with Gasteiger partial charge in [-0.1, -0.05) is 0 Å². The lowest BCUT2D eigenvalue weighted by Gasteiger charge is -2.07. The van der Waals surface area contributed by atoms with Crippen LogP contribution in [0, 0.1) is 0 Å². The van der Waals surface area contributed by atoms with Gasteiger partial charge in [0.2, 0.25) is 10.0 Å². The Labute approximate surface area is 80.7 Å². The maximum absolute atomic E-state index is 11.7. The molecule has 0 radical (unpaired) electrons. The SMILES string of the molecule is O=S(=O)(CCCC(F)(F)F)NC1CC1.